The van der Waals surface area contributed by atoms with Crippen molar-refractivity contribution >= 4 is 22.7 Å². The van der Waals surface area contributed by atoms with Crippen LogP contribution >= 0.6 is 0 Å². The van der Waals surface area contributed by atoms with Crippen molar-refractivity contribution in [3.63, 3.8) is 0 Å². The highest BCUT2D eigenvalue weighted by atomic mass is 16.5. The van der Waals surface area contributed by atoms with Crippen LogP contribution in [0.3, 0.4) is 0 Å². The van der Waals surface area contributed by atoms with E-state index in [1.165, 1.54) is 0 Å². The average Bonchev–Trinajstić information content (AvgIpc) is 2.83. The number of nitriles is 1. The Morgan fingerprint density at radius 1 is 0.971 bits per heavy atom. The minimum Gasteiger partial charge on any atom is -0.493 e. The van der Waals surface area contributed by atoms with Crippen LogP contribution in [0.2, 0.25) is 0 Å². The Kier molecular flexibility index (Phi) is 8.01. The number of hydrogen-bond acceptors (Lipinski definition) is 8. The lowest BCUT2D eigenvalue weighted by Crippen LogP contribution is -2.30. The van der Waals surface area contributed by atoms with Crippen LogP contribution in [0.1, 0.15) is 44.5 Å². The van der Waals surface area contributed by atoms with Crippen LogP contribution in [0.15, 0.2) is 79.8 Å². The summed E-state index contributed by atoms with van der Waals surface area (Å²) in [6.45, 7) is 7.03. The predicted octanol–water partition coefficient (Wildman–Crippen LogP) is 6.90. The molecular formula is C25H26N6O3. The second-order valence-corrected chi connectivity index (χ2v) is 7.76. The van der Waals surface area contributed by atoms with Gasteiger partial charge in [-0.1, -0.05) is 25.1 Å². The van der Waals surface area contributed by atoms with Crippen molar-refractivity contribution in [2.24, 2.45) is 20.5 Å². The number of azo groups is 2. The molecule has 0 amide bonds. The first-order valence-electron chi connectivity index (χ1n) is 10.9. The molecule has 0 aliphatic carbocycles. The molecule has 0 fully saturated rings. The number of aromatic nitrogens is 1. The molecule has 3 rings (SSSR count). The third-order valence-electron chi connectivity index (χ3n) is 4.93. The van der Waals surface area contributed by atoms with Gasteiger partial charge in [-0.25, -0.2) is 4.57 Å². The SMILES string of the molecule is CCC(OC(C)C)n1c(O)c(N=Nc2ccc(N=Nc3ccccc3)cc2)c(C)c(C#N)c1=O. The standard InChI is InChI=1S/C25H26N6O3/c1-5-22(34-16(2)3)31-24(32)21(15-26)17(4)23(25(31)33)30-29-20-13-11-19(12-14-20)28-27-18-9-7-6-8-10-18/h6-14,16,22,33H,5H2,1-4H3. The minimum atomic E-state index is -0.747. The summed E-state index contributed by atoms with van der Waals surface area (Å²) >= 11 is 0. The van der Waals surface area contributed by atoms with Crippen molar-refractivity contribution in [2.75, 3.05) is 0 Å². The van der Waals surface area contributed by atoms with E-state index in [0.29, 0.717) is 17.8 Å². The maximum Gasteiger partial charge on any atom is 0.273 e. The molecule has 9 heteroatoms. The fraction of sp³-hybridized carbons (Fsp3) is 0.280. The number of nitrogens with zero attached hydrogens (tertiary/aromatic N) is 6. The van der Waals surface area contributed by atoms with Gasteiger partial charge in [-0.3, -0.25) is 4.79 Å². The summed E-state index contributed by atoms with van der Waals surface area (Å²) in [5.41, 5.74) is 1.42. The van der Waals surface area contributed by atoms with Crippen molar-refractivity contribution in [1.29, 1.82) is 5.26 Å². The first-order chi connectivity index (χ1) is 16.3. The van der Waals surface area contributed by atoms with E-state index in [1.807, 2.05) is 57.2 Å². The summed E-state index contributed by atoms with van der Waals surface area (Å²) in [7, 11) is 0. The summed E-state index contributed by atoms with van der Waals surface area (Å²) in [5, 5.41) is 37.1. The van der Waals surface area contributed by atoms with Crippen molar-refractivity contribution in [1.82, 2.24) is 4.57 Å². The van der Waals surface area contributed by atoms with Gasteiger partial charge < -0.3 is 9.84 Å². The Balaban J connectivity index is 1.93. The van der Waals surface area contributed by atoms with E-state index in [0.717, 1.165) is 10.3 Å². The largest absolute Gasteiger partial charge is 0.493 e. The third-order valence-corrected chi connectivity index (χ3v) is 4.93. The molecule has 0 saturated carbocycles. The Morgan fingerprint density at radius 3 is 2.00 bits per heavy atom. The summed E-state index contributed by atoms with van der Waals surface area (Å²) < 4.78 is 6.84. The lowest BCUT2D eigenvalue weighted by atomic mass is 10.1. The lowest BCUT2D eigenvalue weighted by Gasteiger charge is -2.23. The Labute approximate surface area is 197 Å². The van der Waals surface area contributed by atoms with Crippen LogP contribution < -0.4 is 5.56 Å². The summed E-state index contributed by atoms with van der Waals surface area (Å²) in [6, 6.07) is 18.2. The van der Waals surface area contributed by atoms with Crippen molar-refractivity contribution < 1.29 is 9.84 Å². The van der Waals surface area contributed by atoms with E-state index >= 15 is 0 Å². The molecule has 3 aromatic rings. The van der Waals surface area contributed by atoms with Crippen LogP contribution in [0.25, 0.3) is 0 Å². The molecule has 1 heterocycles. The Hall–Kier alpha value is -4.16. The lowest BCUT2D eigenvalue weighted by molar-refractivity contribution is -0.0444. The van der Waals surface area contributed by atoms with Gasteiger partial charge in [0.2, 0.25) is 5.88 Å². The zero-order chi connectivity index (χ0) is 24.7. The van der Waals surface area contributed by atoms with Gasteiger partial charge in [-0.15, -0.1) is 5.11 Å². The van der Waals surface area contributed by atoms with Crippen molar-refractivity contribution in [3.8, 4) is 11.9 Å². The van der Waals surface area contributed by atoms with Gasteiger partial charge in [0.05, 0.1) is 23.2 Å². The second kappa shape index (κ2) is 11.1. The number of rotatable bonds is 8. The average molecular weight is 459 g/mol. The molecule has 1 aromatic heterocycles. The molecule has 0 bridgehead atoms. The molecule has 9 nitrogen and oxygen atoms in total. The van der Waals surface area contributed by atoms with E-state index in [4.69, 9.17) is 4.74 Å². The molecular weight excluding hydrogens is 432 g/mol. The van der Waals surface area contributed by atoms with Gasteiger partial charge in [0.1, 0.15) is 17.9 Å². The van der Waals surface area contributed by atoms with E-state index in [1.54, 1.807) is 31.2 Å². The van der Waals surface area contributed by atoms with Crippen LogP contribution in [-0.4, -0.2) is 15.8 Å². The number of hydrogen-bond donors (Lipinski definition) is 1. The number of benzene rings is 2. The first kappa shape index (κ1) is 24.5. The number of ether oxygens (including phenoxy) is 1. The Bertz CT molecular complexity index is 1290. The quantitative estimate of drug-likeness (QED) is 0.369. The molecule has 0 spiro atoms. The molecule has 1 unspecified atom stereocenters. The van der Waals surface area contributed by atoms with Crippen molar-refractivity contribution in [2.45, 2.75) is 46.4 Å². The molecule has 0 radical (unpaired) electrons. The fourth-order valence-electron chi connectivity index (χ4n) is 3.25. The number of aromatic hydroxyl groups is 1. The zero-order valence-electron chi connectivity index (χ0n) is 19.5. The van der Waals surface area contributed by atoms with Gasteiger partial charge in [-0.2, -0.15) is 20.6 Å². The molecule has 1 N–H and O–H groups in total. The minimum absolute atomic E-state index is 0.0368. The maximum absolute atomic E-state index is 12.9. The normalized spacial score (nSPS) is 12.5. The van der Waals surface area contributed by atoms with Crippen LogP contribution in [0.4, 0.5) is 22.7 Å². The third kappa shape index (κ3) is 5.60. The summed E-state index contributed by atoms with van der Waals surface area (Å²) in [5.74, 6) is -0.397. The highest BCUT2D eigenvalue weighted by Gasteiger charge is 2.24. The zero-order valence-corrected chi connectivity index (χ0v) is 19.5. The van der Waals surface area contributed by atoms with E-state index < -0.39 is 17.7 Å². The van der Waals surface area contributed by atoms with E-state index in [-0.39, 0.29) is 22.9 Å². The van der Waals surface area contributed by atoms with E-state index in [9.17, 15) is 15.2 Å². The molecule has 2 aromatic carbocycles. The van der Waals surface area contributed by atoms with Gasteiger partial charge >= 0.3 is 0 Å². The molecule has 0 saturated heterocycles. The highest BCUT2D eigenvalue weighted by Crippen LogP contribution is 2.35. The predicted molar refractivity (Wildman–Crippen MR) is 129 cm³/mol. The molecule has 0 aliphatic heterocycles. The van der Waals surface area contributed by atoms with Crippen LogP contribution in [-0.2, 0) is 4.74 Å². The number of pyridine rings is 1. The van der Waals surface area contributed by atoms with Crippen LogP contribution in [0.5, 0.6) is 5.88 Å². The Morgan fingerprint density at radius 2 is 1.50 bits per heavy atom. The molecule has 1 atom stereocenters. The second-order valence-electron chi connectivity index (χ2n) is 7.76. The van der Waals surface area contributed by atoms with Gasteiger partial charge in [-0.05, 0) is 63.6 Å². The monoisotopic (exact) mass is 458 g/mol. The highest BCUT2D eigenvalue weighted by molar-refractivity contribution is 5.59. The van der Waals surface area contributed by atoms with Crippen molar-refractivity contribution in [3.05, 3.63) is 76.1 Å². The maximum atomic E-state index is 12.9. The summed E-state index contributed by atoms with van der Waals surface area (Å²) in [6.07, 6.45) is -0.524. The molecule has 0 aliphatic rings. The fourth-order valence-corrected chi connectivity index (χ4v) is 3.25. The summed E-state index contributed by atoms with van der Waals surface area (Å²) in [4.78, 5) is 12.9. The van der Waals surface area contributed by atoms with Gasteiger partial charge in [0.25, 0.3) is 5.56 Å². The van der Waals surface area contributed by atoms with E-state index in [2.05, 4.69) is 20.5 Å². The van der Waals surface area contributed by atoms with Gasteiger partial charge in [0, 0.05) is 5.56 Å². The first-order valence-corrected chi connectivity index (χ1v) is 10.9. The van der Waals surface area contributed by atoms with Crippen LogP contribution in [0, 0.1) is 18.3 Å². The topological polar surface area (TPSA) is 125 Å². The molecule has 174 valence electrons. The molecule has 34 heavy (non-hydrogen) atoms. The van der Waals surface area contributed by atoms with Gasteiger partial charge in [0.15, 0.2) is 5.69 Å². The smallest absolute Gasteiger partial charge is 0.273 e.